The van der Waals surface area contributed by atoms with Crippen LogP contribution in [0.3, 0.4) is 0 Å². The number of morpholine rings is 1. The highest BCUT2D eigenvalue weighted by molar-refractivity contribution is 5.31. The van der Waals surface area contributed by atoms with E-state index in [-0.39, 0.29) is 47.4 Å². The van der Waals surface area contributed by atoms with Gasteiger partial charge in [-0.15, -0.1) is 0 Å². The zero-order chi connectivity index (χ0) is 32.5. The number of ether oxygens (including phenoxy) is 4. The summed E-state index contributed by atoms with van der Waals surface area (Å²) in [6.45, 7) is 18.2. The van der Waals surface area contributed by atoms with E-state index >= 15 is 0 Å². The van der Waals surface area contributed by atoms with E-state index in [1.54, 1.807) is 0 Å². The monoisotopic (exact) mass is 652 g/mol. The predicted molar refractivity (Wildman–Crippen MR) is 169 cm³/mol. The van der Waals surface area contributed by atoms with E-state index in [4.69, 9.17) is 18.9 Å². The van der Waals surface area contributed by atoms with Gasteiger partial charge < -0.3 is 24.3 Å². The van der Waals surface area contributed by atoms with Gasteiger partial charge in [0.2, 0.25) is 0 Å². The Morgan fingerprint density at radius 2 is 1.72 bits per heavy atom. The molecular formula is C37H59F3N2O4. The first-order valence-corrected chi connectivity index (χ1v) is 18.7. The van der Waals surface area contributed by atoms with Crippen LogP contribution in [0.25, 0.3) is 0 Å². The third-order valence-electron chi connectivity index (χ3n) is 16.4. The molecule has 0 aromatic rings. The lowest BCUT2D eigenvalue weighted by Crippen LogP contribution is -2.59. The molecule has 5 saturated carbocycles. The second-order valence-electron chi connectivity index (χ2n) is 18.4. The molecule has 0 radical (unpaired) electrons. The van der Waals surface area contributed by atoms with E-state index < -0.39 is 12.2 Å². The second-order valence-corrected chi connectivity index (χ2v) is 18.4. The van der Waals surface area contributed by atoms with Gasteiger partial charge in [-0.1, -0.05) is 34.6 Å². The molecule has 0 aromatic carbocycles. The van der Waals surface area contributed by atoms with Crippen LogP contribution in [0.4, 0.5) is 13.2 Å². The van der Waals surface area contributed by atoms with E-state index in [2.05, 4.69) is 44.8 Å². The van der Waals surface area contributed by atoms with Gasteiger partial charge in [0.25, 0.3) is 0 Å². The van der Waals surface area contributed by atoms with Gasteiger partial charge in [-0.05, 0) is 115 Å². The maximum atomic E-state index is 13.2. The van der Waals surface area contributed by atoms with Crippen molar-refractivity contribution in [3.8, 4) is 0 Å². The lowest BCUT2D eigenvalue weighted by molar-refractivity contribution is -0.255. The molecule has 0 amide bonds. The van der Waals surface area contributed by atoms with Crippen molar-refractivity contribution in [2.45, 2.75) is 142 Å². The van der Waals surface area contributed by atoms with Gasteiger partial charge in [0.15, 0.2) is 6.29 Å². The standard InChI is InChI=1S/C37H59F3N2O4/c1-22-15-25(17-41-23(2)37(38,39)40)45-26-16-34(6)28-8-7-27-32(3,4)29(46-30-18-42(13-14-44-30)24-19-43-20-24)9-10-35(27)21-36(28,35)12-11-33(34,5)31(22)26/h22-31,41H,7-21H2,1-6H3/t22-,23?,25?,26?,27?,28?,29+,30?,31?,33?,34+,35?,36?/m1/s1. The summed E-state index contributed by atoms with van der Waals surface area (Å²) in [5, 5.41) is 2.74. The second kappa shape index (κ2) is 10.8. The third-order valence-corrected chi connectivity index (χ3v) is 16.4. The summed E-state index contributed by atoms with van der Waals surface area (Å²) in [5.74, 6) is 2.32. The van der Waals surface area contributed by atoms with Gasteiger partial charge in [0.05, 0.1) is 50.7 Å². The summed E-state index contributed by atoms with van der Waals surface area (Å²) >= 11 is 0. The van der Waals surface area contributed by atoms with Gasteiger partial charge in [0.1, 0.15) is 6.04 Å². The fourth-order valence-corrected chi connectivity index (χ4v) is 13.9. The van der Waals surface area contributed by atoms with Crippen LogP contribution < -0.4 is 5.32 Å². The van der Waals surface area contributed by atoms with Crippen LogP contribution in [0.5, 0.6) is 0 Å². The molecule has 262 valence electrons. The minimum atomic E-state index is -4.23. The summed E-state index contributed by atoms with van der Waals surface area (Å²) in [6.07, 6.45) is 6.67. The Morgan fingerprint density at radius 3 is 2.43 bits per heavy atom. The molecule has 8 fully saturated rings. The number of rotatable bonds is 6. The Balaban J connectivity index is 0.972. The number of alkyl halides is 3. The van der Waals surface area contributed by atoms with Crippen molar-refractivity contribution in [1.29, 1.82) is 0 Å². The zero-order valence-electron chi connectivity index (χ0n) is 29.1. The topological polar surface area (TPSA) is 52.2 Å². The van der Waals surface area contributed by atoms with Gasteiger partial charge in [0, 0.05) is 13.1 Å². The average Bonchev–Trinajstić information content (AvgIpc) is 3.55. The van der Waals surface area contributed by atoms with E-state index in [1.807, 2.05) is 0 Å². The Bertz CT molecular complexity index is 1180. The molecule has 0 bridgehead atoms. The third kappa shape index (κ3) is 4.56. The van der Waals surface area contributed by atoms with Crippen LogP contribution >= 0.6 is 0 Å². The molecular weight excluding hydrogens is 593 g/mol. The maximum Gasteiger partial charge on any atom is 0.403 e. The van der Waals surface area contributed by atoms with Crippen molar-refractivity contribution in [2.75, 3.05) is 39.5 Å². The van der Waals surface area contributed by atoms with Gasteiger partial charge >= 0.3 is 6.18 Å². The molecule has 8 aliphatic rings. The fourth-order valence-electron chi connectivity index (χ4n) is 13.9. The summed E-state index contributed by atoms with van der Waals surface area (Å²) in [6, 6.07) is -0.991. The highest BCUT2D eigenvalue weighted by Gasteiger charge is 2.83. The first-order chi connectivity index (χ1) is 21.6. The quantitative estimate of drug-likeness (QED) is 0.340. The van der Waals surface area contributed by atoms with E-state index in [0.717, 1.165) is 52.2 Å². The normalized spacial score (nSPS) is 52.4. The van der Waals surface area contributed by atoms with Gasteiger partial charge in [-0.2, -0.15) is 13.2 Å². The summed E-state index contributed by atoms with van der Waals surface area (Å²) < 4.78 is 65.0. The largest absolute Gasteiger partial charge is 0.403 e. The van der Waals surface area contributed by atoms with Crippen LogP contribution in [0.1, 0.15) is 99.3 Å². The maximum absolute atomic E-state index is 13.2. The van der Waals surface area contributed by atoms with Gasteiger partial charge in [-0.25, -0.2) is 0 Å². The molecule has 46 heavy (non-hydrogen) atoms. The number of nitrogens with one attached hydrogen (secondary N) is 1. The van der Waals surface area contributed by atoms with Crippen LogP contribution in [-0.4, -0.2) is 87.2 Å². The van der Waals surface area contributed by atoms with Crippen molar-refractivity contribution < 1.29 is 32.1 Å². The van der Waals surface area contributed by atoms with E-state index in [1.165, 1.54) is 45.4 Å². The van der Waals surface area contributed by atoms with Gasteiger partial charge in [-0.3, -0.25) is 4.90 Å². The summed E-state index contributed by atoms with van der Waals surface area (Å²) in [5.41, 5.74) is 1.37. The number of nitrogens with zero attached hydrogens (tertiary/aromatic N) is 1. The molecule has 1 N–H and O–H groups in total. The molecule has 3 heterocycles. The van der Waals surface area contributed by atoms with Crippen LogP contribution in [0.15, 0.2) is 0 Å². The van der Waals surface area contributed by atoms with Crippen LogP contribution in [0, 0.1) is 50.7 Å². The smallest absolute Gasteiger partial charge is 0.378 e. The minimum Gasteiger partial charge on any atom is -0.378 e. The highest BCUT2D eigenvalue weighted by Crippen LogP contribution is 2.89. The fraction of sp³-hybridized carbons (Fsp3) is 1.00. The van der Waals surface area contributed by atoms with Crippen molar-refractivity contribution in [3.63, 3.8) is 0 Å². The first kappa shape index (κ1) is 32.7. The summed E-state index contributed by atoms with van der Waals surface area (Å²) in [7, 11) is 0. The molecule has 8 rings (SSSR count). The summed E-state index contributed by atoms with van der Waals surface area (Å²) in [4.78, 5) is 2.50. The minimum absolute atomic E-state index is 0.106. The molecule has 13 atom stereocenters. The van der Waals surface area contributed by atoms with Crippen molar-refractivity contribution in [2.24, 2.45) is 50.7 Å². The molecule has 3 saturated heterocycles. The molecule has 9 heteroatoms. The molecule has 10 unspecified atom stereocenters. The average molecular weight is 653 g/mol. The van der Waals surface area contributed by atoms with Crippen LogP contribution in [-0.2, 0) is 18.9 Å². The van der Waals surface area contributed by atoms with Crippen LogP contribution in [0.2, 0.25) is 0 Å². The van der Waals surface area contributed by atoms with Crippen molar-refractivity contribution >= 4 is 0 Å². The zero-order valence-corrected chi connectivity index (χ0v) is 29.1. The SMILES string of the molecule is CC(NCC1C[C@@H](C)C2C(C[C@@]3(C)C4CCC5C(C)(C)[C@@H](OC6CN(C7COC7)CCO6)CCC56CC46CCC23C)O1)C(F)(F)F. The highest BCUT2D eigenvalue weighted by atomic mass is 19.4. The van der Waals surface area contributed by atoms with Crippen molar-refractivity contribution in [3.05, 3.63) is 0 Å². The Labute approximate surface area is 274 Å². The molecule has 6 nitrogen and oxygen atoms in total. The number of halogens is 3. The number of fused-ring (bicyclic) bond motifs is 4. The van der Waals surface area contributed by atoms with E-state index in [9.17, 15) is 13.2 Å². The van der Waals surface area contributed by atoms with Crippen molar-refractivity contribution in [1.82, 2.24) is 10.2 Å². The molecule has 3 aliphatic heterocycles. The number of hydrogen-bond acceptors (Lipinski definition) is 6. The first-order valence-electron chi connectivity index (χ1n) is 18.7. The Morgan fingerprint density at radius 1 is 0.978 bits per heavy atom. The number of hydrogen-bond donors (Lipinski definition) is 1. The Hall–Kier alpha value is -0.450. The predicted octanol–water partition coefficient (Wildman–Crippen LogP) is 6.81. The van der Waals surface area contributed by atoms with E-state index in [0.29, 0.717) is 40.5 Å². The molecule has 0 aromatic heterocycles. The lowest BCUT2D eigenvalue weighted by atomic mass is 9.41. The molecule has 2 spiro atoms. The Kier molecular flexibility index (Phi) is 7.67. The lowest BCUT2D eigenvalue weighted by Gasteiger charge is -2.63. The molecule has 5 aliphatic carbocycles.